The van der Waals surface area contributed by atoms with E-state index in [4.69, 9.17) is 33.7 Å². The summed E-state index contributed by atoms with van der Waals surface area (Å²) in [4.78, 5) is 42.3. The standard InChI is InChI=1S/C30H37N6O10P/c1-17(2)27(37)43-24-23(21-12-13-22-26(32)33-16-34-36(21)22)45-30(14-31,25(24)44-28(38)18(3)4)15-42-47(40,35-19(5)29(39)41-6)46-20-10-8-7-9-11-20/h7-13,16-19,23-25H,15H2,1-6H3,(H,35,40)(H2,32,33,34)/t19?,23-,24-,25-,30+,47-/m0/s1. The number of nitrogen functional groups attached to an aromatic ring is 1. The maximum Gasteiger partial charge on any atom is 0.459 e. The zero-order valence-electron chi connectivity index (χ0n) is 26.7. The first-order valence-corrected chi connectivity index (χ1v) is 16.2. The molecule has 1 unspecified atom stereocenters. The molecule has 0 aliphatic carbocycles. The Bertz CT molecular complexity index is 1690. The summed E-state index contributed by atoms with van der Waals surface area (Å²) in [5.74, 6) is -3.21. The van der Waals surface area contributed by atoms with E-state index in [0.717, 1.165) is 7.11 Å². The van der Waals surface area contributed by atoms with Crippen LogP contribution in [-0.4, -0.2) is 70.1 Å². The number of hydrogen-bond donors (Lipinski definition) is 2. The Morgan fingerprint density at radius 2 is 1.72 bits per heavy atom. The van der Waals surface area contributed by atoms with E-state index in [1.54, 1.807) is 58.0 Å². The van der Waals surface area contributed by atoms with Gasteiger partial charge in [-0.25, -0.2) is 14.1 Å². The van der Waals surface area contributed by atoms with Gasteiger partial charge in [0.05, 0.1) is 24.6 Å². The van der Waals surface area contributed by atoms with Crippen molar-refractivity contribution in [3.8, 4) is 11.8 Å². The molecule has 1 aliphatic rings. The molecule has 1 aromatic carbocycles. The van der Waals surface area contributed by atoms with Gasteiger partial charge in [0, 0.05) is 0 Å². The molecule has 47 heavy (non-hydrogen) atoms. The molecule has 0 radical (unpaired) electrons. The van der Waals surface area contributed by atoms with Crippen LogP contribution in [0, 0.1) is 23.2 Å². The number of ether oxygens (including phenoxy) is 4. The minimum atomic E-state index is -4.51. The lowest BCUT2D eigenvalue weighted by atomic mass is 9.95. The number of para-hydroxylation sites is 1. The van der Waals surface area contributed by atoms with Crippen LogP contribution in [0.25, 0.3) is 5.52 Å². The second-order valence-corrected chi connectivity index (χ2v) is 13.1. The monoisotopic (exact) mass is 672 g/mol. The predicted octanol–water partition coefficient (Wildman–Crippen LogP) is 3.14. The van der Waals surface area contributed by atoms with E-state index < -0.39 is 74.1 Å². The van der Waals surface area contributed by atoms with Crippen molar-refractivity contribution in [1.29, 1.82) is 5.26 Å². The zero-order valence-corrected chi connectivity index (χ0v) is 27.6. The van der Waals surface area contributed by atoms with Crippen molar-refractivity contribution in [2.24, 2.45) is 11.8 Å². The van der Waals surface area contributed by atoms with Crippen molar-refractivity contribution in [3.05, 3.63) is 54.5 Å². The summed E-state index contributed by atoms with van der Waals surface area (Å²) in [6.45, 7) is 6.89. The molecule has 3 aromatic rings. The lowest BCUT2D eigenvalue weighted by molar-refractivity contribution is -0.173. The zero-order chi connectivity index (χ0) is 34.5. The fourth-order valence-electron chi connectivity index (χ4n) is 4.62. The number of nitrogens with two attached hydrogens (primary N) is 1. The Balaban J connectivity index is 1.81. The molecule has 1 saturated heterocycles. The van der Waals surface area contributed by atoms with Crippen LogP contribution in [-0.2, 0) is 42.4 Å². The van der Waals surface area contributed by atoms with E-state index in [1.807, 2.05) is 6.07 Å². The molecule has 1 aliphatic heterocycles. The number of fused-ring (bicyclic) bond motifs is 1. The van der Waals surface area contributed by atoms with Crippen molar-refractivity contribution in [2.45, 2.75) is 64.6 Å². The largest absolute Gasteiger partial charge is 0.468 e. The Hall–Kier alpha value is -4.55. The molecule has 2 aromatic heterocycles. The number of nitrogens with one attached hydrogen (secondary N) is 1. The number of aromatic nitrogens is 3. The average Bonchev–Trinajstić information content (AvgIpc) is 3.60. The Kier molecular flexibility index (Phi) is 10.9. The first-order valence-electron chi connectivity index (χ1n) is 14.7. The molecule has 3 heterocycles. The normalized spacial score (nSPS) is 22.7. The third-order valence-corrected chi connectivity index (χ3v) is 8.77. The maximum absolute atomic E-state index is 14.2. The van der Waals surface area contributed by atoms with E-state index in [-0.39, 0.29) is 17.3 Å². The molecule has 0 bridgehead atoms. The molecule has 6 atom stereocenters. The quantitative estimate of drug-likeness (QED) is 0.151. The van der Waals surface area contributed by atoms with Crippen LogP contribution in [0.3, 0.4) is 0 Å². The molecule has 0 spiro atoms. The van der Waals surface area contributed by atoms with Gasteiger partial charge in [-0.2, -0.15) is 15.4 Å². The summed E-state index contributed by atoms with van der Waals surface area (Å²) in [7, 11) is -3.36. The maximum atomic E-state index is 14.2. The summed E-state index contributed by atoms with van der Waals surface area (Å²) in [5.41, 5.74) is 4.46. The van der Waals surface area contributed by atoms with Crippen molar-refractivity contribution < 1.29 is 46.9 Å². The number of benzene rings is 1. The third-order valence-electron chi connectivity index (χ3n) is 7.15. The highest BCUT2D eigenvalue weighted by Gasteiger charge is 2.62. The molecule has 4 rings (SSSR count). The summed E-state index contributed by atoms with van der Waals surface area (Å²) >= 11 is 0. The lowest BCUT2D eigenvalue weighted by Crippen LogP contribution is -2.50. The predicted molar refractivity (Wildman–Crippen MR) is 164 cm³/mol. The van der Waals surface area contributed by atoms with Crippen LogP contribution in [0.5, 0.6) is 5.75 Å². The van der Waals surface area contributed by atoms with E-state index in [1.165, 1.54) is 29.9 Å². The van der Waals surface area contributed by atoms with Gasteiger partial charge in [-0.15, -0.1) is 0 Å². The highest BCUT2D eigenvalue weighted by molar-refractivity contribution is 7.52. The number of nitrogens with zero attached hydrogens (tertiary/aromatic N) is 4. The number of carbonyl (C=O) groups is 3. The fourth-order valence-corrected chi connectivity index (χ4v) is 6.14. The van der Waals surface area contributed by atoms with Crippen molar-refractivity contribution >= 4 is 37.0 Å². The number of hydrogen-bond acceptors (Lipinski definition) is 14. The van der Waals surface area contributed by atoms with Crippen molar-refractivity contribution in [3.63, 3.8) is 0 Å². The number of esters is 3. The van der Waals surface area contributed by atoms with Gasteiger partial charge in [-0.05, 0) is 31.2 Å². The van der Waals surface area contributed by atoms with Gasteiger partial charge in [-0.1, -0.05) is 45.9 Å². The minimum absolute atomic E-state index is 0.111. The van der Waals surface area contributed by atoms with Crippen LogP contribution in [0.2, 0.25) is 0 Å². The van der Waals surface area contributed by atoms with Crippen LogP contribution < -0.4 is 15.3 Å². The van der Waals surface area contributed by atoms with Crippen LogP contribution in [0.1, 0.15) is 46.4 Å². The van der Waals surface area contributed by atoms with Crippen molar-refractivity contribution in [2.75, 3.05) is 19.5 Å². The highest BCUT2D eigenvalue weighted by atomic mass is 31.2. The molecular formula is C30H37N6O10P. The fraction of sp³-hybridized carbons (Fsp3) is 0.467. The summed E-state index contributed by atoms with van der Waals surface area (Å²) in [6.07, 6.45) is -3.10. The van der Waals surface area contributed by atoms with Crippen LogP contribution >= 0.6 is 7.75 Å². The Morgan fingerprint density at radius 3 is 2.34 bits per heavy atom. The van der Waals surface area contributed by atoms with Gasteiger partial charge in [0.25, 0.3) is 0 Å². The number of carbonyl (C=O) groups excluding carboxylic acids is 3. The first kappa shape index (κ1) is 35.3. The molecule has 0 saturated carbocycles. The third kappa shape index (κ3) is 7.71. The topological polar surface area (TPSA) is 216 Å². The van der Waals surface area contributed by atoms with E-state index in [9.17, 15) is 24.2 Å². The Labute approximate surface area is 271 Å². The molecule has 1 fully saturated rings. The van der Waals surface area contributed by atoms with Crippen LogP contribution in [0.15, 0.2) is 48.8 Å². The van der Waals surface area contributed by atoms with E-state index in [2.05, 4.69) is 15.2 Å². The second-order valence-electron chi connectivity index (χ2n) is 11.4. The molecule has 17 heteroatoms. The molecular weight excluding hydrogens is 635 g/mol. The summed E-state index contributed by atoms with van der Waals surface area (Å²) in [6, 6.07) is 12.0. The molecule has 16 nitrogen and oxygen atoms in total. The average molecular weight is 673 g/mol. The minimum Gasteiger partial charge on any atom is -0.468 e. The van der Waals surface area contributed by atoms with Gasteiger partial charge in [0.1, 0.15) is 42.4 Å². The number of nitriles is 1. The SMILES string of the molecule is COC(=O)C(C)N[P@](=O)(OC[C@@]1(C#N)O[C@@H](c2ccc3c(N)ncnn23)[C@H](OC(=O)C(C)C)[C@@H]1OC(=O)C(C)C)Oc1ccccc1. The number of anilines is 1. The molecule has 252 valence electrons. The molecule has 0 amide bonds. The highest BCUT2D eigenvalue weighted by Crippen LogP contribution is 2.50. The number of rotatable bonds is 13. The summed E-state index contributed by atoms with van der Waals surface area (Å²) in [5, 5.41) is 17.4. The Morgan fingerprint density at radius 1 is 1.06 bits per heavy atom. The van der Waals surface area contributed by atoms with Gasteiger partial charge in [-0.3, -0.25) is 18.9 Å². The van der Waals surface area contributed by atoms with E-state index in [0.29, 0.717) is 5.52 Å². The van der Waals surface area contributed by atoms with E-state index >= 15 is 0 Å². The van der Waals surface area contributed by atoms with Gasteiger partial charge >= 0.3 is 25.7 Å². The number of methoxy groups -OCH3 is 1. The first-order chi connectivity index (χ1) is 22.2. The van der Waals surface area contributed by atoms with Gasteiger partial charge in [0.2, 0.25) is 5.60 Å². The van der Waals surface area contributed by atoms with Crippen LogP contribution in [0.4, 0.5) is 5.82 Å². The van der Waals surface area contributed by atoms with Gasteiger partial charge < -0.3 is 29.2 Å². The molecule has 3 N–H and O–H groups in total. The van der Waals surface area contributed by atoms with Gasteiger partial charge in [0.15, 0.2) is 18.0 Å². The second kappa shape index (κ2) is 14.5. The lowest BCUT2D eigenvalue weighted by Gasteiger charge is -2.31. The van der Waals surface area contributed by atoms with Crippen molar-refractivity contribution in [1.82, 2.24) is 19.7 Å². The summed E-state index contributed by atoms with van der Waals surface area (Å²) < 4.78 is 49.8. The smallest absolute Gasteiger partial charge is 0.459 e.